The maximum Gasteiger partial charge on any atom is 0.329 e. The number of nitrogens with one attached hydrogen (secondary N) is 2. The van der Waals surface area contributed by atoms with E-state index in [1.54, 1.807) is 0 Å². The van der Waals surface area contributed by atoms with Gasteiger partial charge in [0.2, 0.25) is 18.6 Å². The van der Waals surface area contributed by atoms with Crippen molar-refractivity contribution < 1.29 is 14.4 Å². The summed E-state index contributed by atoms with van der Waals surface area (Å²) in [6.07, 6.45) is 5.24. The summed E-state index contributed by atoms with van der Waals surface area (Å²) in [6, 6.07) is 5.91. The van der Waals surface area contributed by atoms with Crippen molar-refractivity contribution in [1.82, 2.24) is 9.97 Å². The van der Waals surface area contributed by atoms with E-state index in [2.05, 4.69) is 20.6 Å². The van der Waals surface area contributed by atoms with E-state index in [1.165, 1.54) is 6.20 Å². The van der Waals surface area contributed by atoms with Gasteiger partial charge in [0, 0.05) is 19.1 Å². The van der Waals surface area contributed by atoms with Crippen molar-refractivity contribution in [2.75, 3.05) is 24.0 Å². The topological polar surface area (TPSA) is 137 Å². The first-order valence-corrected chi connectivity index (χ1v) is 9.72. The minimum Gasteiger partial charge on any atom is -0.454 e. The molecule has 1 aliphatic heterocycles. The smallest absolute Gasteiger partial charge is 0.329 e. The van der Waals surface area contributed by atoms with Gasteiger partial charge in [-0.25, -0.2) is 4.98 Å². The van der Waals surface area contributed by atoms with Crippen LogP contribution in [0.5, 0.6) is 11.5 Å². The summed E-state index contributed by atoms with van der Waals surface area (Å²) >= 11 is 0. The molecule has 4 rings (SSSR count). The molecule has 2 aromatic rings. The lowest BCUT2D eigenvalue weighted by Crippen LogP contribution is -2.29. The molecule has 10 nitrogen and oxygen atoms in total. The highest BCUT2D eigenvalue weighted by atomic mass is 16.7. The van der Waals surface area contributed by atoms with Crippen molar-refractivity contribution in [1.29, 1.82) is 0 Å². The van der Waals surface area contributed by atoms with Gasteiger partial charge in [-0.15, -0.1) is 0 Å². The van der Waals surface area contributed by atoms with Crippen LogP contribution in [-0.4, -0.2) is 34.3 Å². The number of fused-ring (bicyclic) bond motifs is 1. The van der Waals surface area contributed by atoms with Crippen LogP contribution < -0.4 is 25.8 Å². The summed E-state index contributed by atoms with van der Waals surface area (Å²) < 4.78 is 10.7. The molecular formula is C19H24N6O4. The Morgan fingerprint density at radius 2 is 1.97 bits per heavy atom. The summed E-state index contributed by atoms with van der Waals surface area (Å²) in [4.78, 5) is 19.3. The first-order chi connectivity index (χ1) is 14.1. The third kappa shape index (κ3) is 4.65. The van der Waals surface area contributed by atoms with Gasteiger partial charge in [-0.2, -0.15) is 4.98 Å². The van der Waals surface area contributed by atoms with Gasteiger partial charge < -0.3 is 25.8 Å². The Hall–Kier alpha value is -3.14. The Kier molecular flexibility index (Phi) is 5.61. The highest BCUT2D eigenvalue weighted by Crippen LogP contribution is 2.32. The van der Waals surface area contributed by atoms with E-state index in [4.69, 9.17) is 15.2 Å². The Bertz CT molecular complexity index is 885. The molecule has 10 heteroatoms. The number of rotatable bonds is 7. The van der Waals surface area contributed by atoms with Crippen LogP contribution in [0.2, 0.25) is 0 Å². The van der Waals surface area contributed by atoms with Gasteiger partial charge in [0.15, 0.2) is 11.5 Å². The zero-order chi connectivity index (χ0) is 20.2. The molecule has 0 atom stereocenters. The molecular weight excluding hydrogens is 376 g/mol. The van der Waals surface area contributed by atoms with Crippen molar-refractivity contribution in [3.8, 4) is 11.5 Å². The Morgan fingerprint density at radius 3 is 2.76 bits per heavy atom. The average Bonchev–Trinajstić information content (AvgIpc) is 3.19. The molecule has 29 heavy (non-hydrogen) atoms. The SMILES string of the molecule is NC1CCC(CNc2nc(NCc3ccc4c(c3)OCO4)ncc2[N+](=O)[O-])CC1. The Morgan fingerprint density at radius 1 is 1.17 bits per heavy atom. The van der Waals surface area contributed by atoms with Crippen LogP contribution >= 0.6 is 0 Å². The number of hydrogen-bond acceptors (Lipinski definition) is 9. The zero-order valence-electron chi connectivity index (χ0n) is 16.0. The van der Waals surface area contributed by atoms with E-state index >= 15 is 0 Å². The number of nitro groups is 1. The average molecular weight is 400 g/mol. The summed E-state index contributed by atoms with van der Waals surface area (Å²) in [6.45, 7) is 1.31. The fourth-order valence-corrected chi connectivity index (χ4v) is 3.59. The number of benzene rings is 1. The lowest BCUT2D eigenvalue weighted by Gasteiger charge is -2.26. The van der Waals surface area contributed by atoms with Crippen LogP contribution in [0.3, 0.4) is 0 Å². The normalized spacial score (nSPS) is 20.3. The lowest BCUT2D eigenvalue weighted by molar-refractivity contribution is -0.384. The van der Waals surface area contributed by atoms with Gasteiger partial charge in [-0.3, -0.25) is 10.1 Å². The summed E-state index contributed by atoms with van der Waals surface area (Å²) in [5, 5.41) is 17.6. The molecule has 1 saturated carbocycles. The molecule has 0 saturated heterocycles. The van der Waals surface area contributed by atoms with E-state index < -0.39 is 4.92 Å². The van der Waals surface area contributed by atoms with Gasteiger partial charge in [-0.1, -0.05) is 6.07 Å². The first kappa shape index (κ1) is 19.2. The quantitative estimate of drug-likeness (QED) is 0.473. The maximum atomic E-state index is 11.3. The summed E-state index contributed by atoms with van der Waals surface area (Å²) in [5.74, 6) is 2.41. The van der Waals surface area contributed by atoms with Gasteiger partial charge in [-0.05, 0) is 49.3 Å². The largest absolute Gasteiger partial charge is 0.454 e. The number of nitrogens with two attached hydrogens (primary N) is 1. The zero-order valence-corrected chi connectivity index (χ0v) is 16.0. The van der Waals surface area contributed by atoms with Crippen LogP contribution in [-0.2, 0) is 6.54 Å². The van der Waals surface area contributed by atoms with Crippen molar-refractivity contribution in [2.24, 2.45) is 11.7 Å². The Balaban J connectivity index is 1.41. The molecule has 0 radical (unpaired) electrons. The molecule has 1 aromatic carbocycles. The van der Waals surface area contributed by atoms with Crippen molar-refractivity contribution in [3.05, 3.63) is 40.1 Å². The summed E-state index contributed by atoms with van der Waals surface area (Å²) in [5.41, 5.74) is 6.77. The number of anilines is 2. The van der Waals surface area contributed by atoms with Crippen LogP contribution in [0.1, 0.15) is 31.2 Å². The molecule has 2 heterocycles. The fourth-order valence-electron chi connectivity index (χ4n) is 3.59. The predicted molar refractivity (Wildman–Crippen MR) is 107 cm³/mol. The second-order valence-electron chi connectivity index (χ2n) is 7.39. The van der Waals surface area contributed by atoms with Crippen LogP contribution in [0.4, 0.5) is 17.5 Å². The second-order valence-corrected chi connectivity index (χ2v) is 7.39. The molecule has 2 aliphatic rings. The second kappa shape index (κ2) is 8.48. The van der Waals surface area contributed by atoms with Gasteiger partial charge in [0.1, 0.15) is 6.20 Å². The van der Waals surface area contributed by atoms with E-state index in [-0.39, 0.29) is 24.3 Å². The van der Waals surface area contributed by atoms with E-state index in [1.807, 2.05) is 18.2 Å². The molecule has 1 aromatic heterocycles. The van der Waals surface area contributed by atoms with E-state index in [9.17, 15) is 10.1 Å². The third-order valence-electron chi connectivity index (χ3n) is 5.30. The minimum absolute atomic E-state index is 0.133. The number of nitrogens with zero attached hydrogens (tertiary/aromatic N) is 3. The highest BCUT2D eigenvalue weighted by molar-refractivity contribution is 5.57. The van der Waals surface area contributed by atoms with Crippen molar-refractivity contribution >= 4 is 17.5 Å². The fraction of sp³-hybridized carbons (Fsp3) is 0.474. The molecule has 1 aliphatic carbocycles. The standard InChI is InChI=1S/C19H24N6O4/c20-14-4-1-12(2-5-14)8-21-18-15(25(26)27)10-23-19(24-18)22-9-13-3-6-16-17(7-13)29-11-28-16/h3,6-7,10,12,14H,1-2,4-5,8-9,11,20H2,(H2,21,22,23,24). The van der Waals surface area contributed by atoms with Crippen LogP contribution in [0.15, 0.2) is 24.4 Å². The van der Waals surface area contributed by atoms with Gasteiger partial charge in [0.05, 0.1) is 4.92 Å². The van der Waals surface area contributed by atoms with Crippen LogP contribution in [0, 0.1) is 16.0 Å². The Labute approximate surface area is 168 Å². The first-order valence-electron chi connectivity index (χ1n) is 9.72. The molecule has 0 amide bonds. The molecule has 1 fully saturated rings. The highest BCUT2D eigenvalue weighted by Gasteiger charge is 2.22. The van der Waals surface area contributed by atoms with Crippen molar-refractivity contribution in [2.45, 2.75) is 38.3 Å². The lowest BCUT2D eigenvalue weighted by atomic mass is 9.86. The van der Waals surface area contributed by atoms with E-state index in [0.29, 0.717) is 30.7 Å². The summed E-state index contributed by atoms with van der Waals surface area (Å²) in [7, 11) is 0. The molecule has 4 N–H and O–H groups in total. The van der Waals surface area contributed by atoms with Gasteiger partial charge >= 0.3 is 5.69 Å². The molecule has 0 spiro atoms. The maximum absolute atomic E-state index is 11.3. The molecule has 0 bridgehead atoms. The van der Waals surface area contributed by atoms with Gasteiger partial charge in [0.25, 0.3) is 0 Å². The predicted octanol–water partition coefficient (Wildman–Crippen LogP) is 2.66. The minimum atomic E-state index is -0.471. The number of ether oxygens (including phenoxy) is 2. The number of hydrogen-bond donors (Lipinski definition) is 3. The molecule has 154 valence electrons. The van der Waals surface area contributed by atoms with Crippen LogP contribution in [0.25, 0.3) is 0 Å². The molecule has 0 unspecified atom stereocenters. The third-order valence-corrected chi connectivity index (χ3v) is 5.30. The number of aromatic nitrogens is 2. The monoisotopic (exact) mass is 400 g/mol. The van der Waals surface area contributed by atoms with Crippen molar-refractivity contribution in [3.63, 3.8) is 0 Å². The van der Waals surface area contributed by atoms with E-state index in [0.717, 1.165) is 37.0 Å².